The van der Waals surface area contributed by atoms with E-state index in [2.05, 4.69) is 0 Å². The first-order valence-electron chi connectivity index (χ1n) is 9.10. The number of nitrogens with zero attached hydrogens (tertiary/aromatic N) is 2. The van der Waals surface area contributed by atoms with E-state index in [1.54, 1.807) is 42.5 Å². The van der Waals surface area contributed by atoms with Crippen molar-refractivity contribution in [3.05, 3.63) is 59.7 Å². The van der Waals surface area contributed by atoms with Crippen LogP contribution in [0.15, 0.2) is 48.5 Å². The fraction of sp³-hybridized carbons (Fsp3) is 0.273. The van der Waals surface area contributed by atoms with Crippen molar-refractivity contribution in [3.8, 4) is 23.3 Å². The molecular weight excluding hydrogens is 413 g/mol. The van der Waals surface area contributed by atoms with Crippen LogP contribution in [0.1, 0.15) is 11.1 Å². The highest BCUT2D eigenvalue weighted by Crippen LogP contribution is 2.28. The topological polar surface area (TPSA) is 71.8 Å². The molecule has 0 atom stereocenters. The van der Waals surface area contributed by atoms with Crippen molar-refractivity contribution in [1.29, 1.82) is 5.26 Å². The Morgan fingerprint density at radius 1 is 1.10 bits per heavy atom. The second kappa shape index (κ2) is 10.9. The highest BCUT2D eigenvalue weighted by molar-refractivity contribution is 5.91. The molecule has 9 heteroatoms. The van der Waals surface area contributed by atoms with Crippen LogP contribution in [-0.2, 0) is 11.3 Å². The average molecular weight is 434 g/mol. The molecule has 2 aromatic rings. The van der Waals surface area contributed by atoms with Gasteiger partial charge >= 0.3 is 6.18 Å². The van der Waals surface area contributed by atoms with Crippen molar-refractivity contribution >= 4 is 12.0 Å². The van der Waals surface area contributed by atoms with Gasteiger partial charge in [0.15, 0.2) is 18.1 Å². The van der Waals surface area contributed by atoms with Gasteiger partial charge in [0.1, 0.15) is 18.4 Å². The maximum absolute atomic E-state index is 13.0. The summed E-state index contributed by atoms with van der Waals surface area (Å²) in [7, 11) is 2.89. The van der Waals surface area contributed by atoms with Crippen LogP contribution < -0.4 is 14.2 Å². The number of carbonyl (C=O) groups is 1. The summed E-state index contributed by atoms with van der Waals surface area (Å²) in [5.41, 5.74) is 1.05. The summed E-state index contributed by atoms with van der Waals surface area (Å²) >= 11 is 0. The van der Waals surface area contributed by atoms with Crippen molar-refractivity contribution in [3.63, 3.8) is 0 Å². The molecule has 0 aliphatic rings. The number of nitriles is 1. The lowest BCUT2D eigenvalue weighted by atomic mass is 10.1. The first-order valence-corrected chi connectivity index (χ1v) is 9.10. The van der Waals surface area contributed by atoms with Crippen LogP contribution in [0.4, 0.5) is 13.2 Å². The lowest BCUT2D eigenvalue weighted by Gasteiger charge is -2.23. The first kappa shape index (κ1) is 23.6. The van der Waals surface area contributed by atoms with Gasteiger partial charge in [0.25, 0.3) is 0 Å². The number of alkyl halides is 3. The summed E-state index contributed by atoms with van der Waals surface area (Å²) in [6.07, 6.45) is -2.09. The number of carbonyl (C=O) groups excluding carboxylic acids is 1. The molecule has 0 aliphatic heterocycles. The van der Waals surface area contributed by atoms with Crippen LogP contribution in [0, 0.1) is 11.3 Å². The Morgan fingerprint density at radius 2 is 1.81 bits per heavy atom. The number of rotatable bonds is 9. The van der Waals surface area contributed by atoms with Crippen LogP contribution in [-0.4, -0.2) is 44.4 Å². The van der Waals surface area contributed by atoms with Crippen molar-refractivity contribution in [1.82, 2.24) is 4.90 Å². The third kappa shape index (κ3) is 7.59. The highest BCUT2D eigenvalue weighted by atomic mass is 19.4. The molecule has 0 heterocycles. The Kier molecular flexibility index (Phi) is 8.32. The fourth-order valence-corrected chi connectivity index (χ4v) is 2.67. The summed E-state index contributed by atoms with van der Waals surface area (Å²) in [6, 6.07) is 13.0. The third-order valence-corrected chi connectivity index (χ3v) is 4.11. The van der Waals surface area contributed by atoms with Gasteiger partial charge in [-0.1, -0.05) is 18.2 Å². The Balaban J connectivity index is 2.18. The molecule has 0 N–H and O–H groups in total. The minimum absolute atomic E-state index is 0.165. The van der Waals surface area contributed by atoms with Gasteiger partial charge in [-0.3, -0.25) is 4.79 Å². The van der Waals surface area contributed by atoms with Crippen molar-refractivity contribution in [2.45, 2.75) is 12.7 Å². The number of ether oxygens (including phenoxy) is 3. The second-order valence-corrected chi connectivity index (χ2v) is 6.35. The maximum atomic E-state index is 13.0. The number of amides is 1. The number of methoxy groups -OCH3 is 2. The molecule has 0 saturated carbocycles. The van der Waals surface area contributed by atoms with E-state index in [1.807, 2.05) is 6.07 Å². The Morgan fingerprint density at radius 3 is 2.39 bits per heavy atom. The molecular formula is C22H21F3N2O4. The lowest BCUT2D eigenvalue weighted by Crippen LogP contribution is -2.37. The van der Waals surface area contributed by atoms with Gasteiger partial charge in [-0.2, -0.15) is 18.4 Å². The SMILES string of the molecule is COc1ccc(CN(CC(F)(F)F)C(=O)/C=C/c2ccc(OCC#N)c(OC)c2)cc1. The number of halogens is 3. The van der Waals surface area contributed by atoms with Crippen LogP contribution >= 0.6 is 0 Å². The zero-order valence-electron chi connectivity index (χ0n) is 17.0. The van der Waals surface area contributed by atoms with Crippen LogP contribution in [0.5, 0.6) is 17.2 Å². The van der Waals surface area contributed by atoms with E-state index < -0.39 is 18.6 Å². The highest BCUT2D eigenvalue weighted by Gasteiger charge is 2.32. The normalized spacial score (nSPS) is 11.1. The summed E-state index contributed by atoms with van der Waals surface area (Å²) < 4.78 is 54.4. The van der Waals surface area contributed by atoms with Crippen LogP contribution in [0.25, 0.3) is 6.08 Å². The predicted octanol–water partition coefficient (Wildman–Crippen LogP) is 4.21. The molecule has 0 spiro atoms. The molecule has 0 unspecified atom stereocenters. The van der Waals surface area contributed by atoms with Crippen molar-refractivity contribution in [2.24, 2.45) is 0 Å². The molecule has 2 aromatic carbocycles. The lowest BCUT2D eigenvalue weighted by molar-refractivity contribution is -0.159. The van der Waals surface area contributed by atoms with E-state index >= 15 is 0 Å². The summed E-state index contributed by atoms with van der Waals surface area (Å²) in [6.45, 7) is -1.76. The summed E-state index contributed by atoms with van der Waals surface area (Å²) in [5.74, 6) is 0.436. The number of benzene rings is 2. The van der Waals surface area contributed by atoms with Crippen LogP contribution in [0.3, 0.4) is 0 Å². The second-order valence-electron chi connectivity index (χ2n) is 6.35. The Hall–Kier alpha value is -3.67. The fourth-order valence-electron chi connectivity index (χ4n) is 2.67. The van der Waals surface area contributed by atoms with Gasteiger partial charge in [-0.25, -0.2) is 0 Å². The van der Waals surface area contributed by atoms with Gasteiger partial charge in [-0.05, 0) is 41.5 Å². The molecule has 2 rings (SSSR count). The summed E-state index contributed by atoms with van der Waals surface area (Å²) in [4.78, 5) is 13.2. The predicted molar refractivity (Wildman–Crippen MR) is 108 cm³/mol. The Bertz CT molecular complexity index is 951. The third-order valence-electron chi connectivity index (χ3n) is 4.11. The van der Waals surface area contributed by atoms with Crippen LogP contribution in [0.2, 0.25) is 0 Å². The molecule has 6 nitrogen and oxygen atoms in total. The van der Waals surface area contributed by atoms with Gasteiger partial charge in [0, 0.05) is 12.6 Å². The molecule has 0 saturated heterocycles. The molecule has 1 amide bonds. The molecule has 0 radical (unpaired) electrons. The first-order chi connectivity index (χ1) is 14.8. The van der Waals surface area contributed by atoms with Crippen molar-refractivity contribution < 1.29 is 32.2 Å². The molecule has 0 fully saturated rings. The quantitative estimate of drug-likeness (QED) is 0.553. The zero-order valence-corrected chi connectivity index (χ0v) is 17.0. The smallest absolute Gasteiger partial charge is 0.406 e. The van der Waals surface area contributed by atoms with Gasteiger partial charge in [-0.15, -0.1) is 0 Å². The van der Waals surface area contributed by atoms with E-state index in [-0.39, 0.29) is 13.2 Å². The van der Waals surface area contributed by atoms with E-state index in [1.165, 1.54) is 20.3 Å². The van der Waals surface area contributed by atoms with Gasteiger partial charge in [0.2, 0.25) is 5.91 Å². The molecule has 0 aliphatic carbocycles. The zero-order chi connectivity index (χ0) is 22.9. The van der Waals surface area contributed by atoms with E-state index in [0.29, 0.717) is 33.3 Å². The molecule has 31 heavy (non-hydrogen) atoms. The Labute approximate surface area is 178 Å². The van der Waals surface area contributed by atoms with Gasteiger partial charge < -0.3 is 19.1 Å². The number of hydrogen-bond acceptors (Lipinski definition) is 5. The minimum atomic E-state index is -4.54. The molecule has 0 aromatic heterocycles. The minimum Gasteiger partial charge on any atom is -0.497 e. The molecule has 0 bridgehead atoms. The summed E-state index contributed by atoms with van der Waals surface area (Å²) in [5, 5.41) is 8.60. The van der Waals surface area contributed by atoms with E-state index in [9.17, 15) is 18.0 Å². The maximum Gasteiger partial charge on any atom is 0.406 e. The van der Waals surface area contributed by atoms with Gasteiger partial charge in [0.05, 0.1) is 14.2 Å². The van der Waals surface area contributed by atoms with E-state index in [0.717, 1.165) is 6.08 Å². The van der Waals surface area contributed by atoms with Crippen molar-refractivity contribution in [2.75, 3.05) is 27.4 Å². The largest absolute Gasteiger partial charge is 0.497 e. The average Bonchev–Trinajstić information content (AvgIpc) is 2.75. The molecule has 164 valence electrons. The monoisotopic (exact) mass is 434 g/mol. The standard InChI is InChI=1S/C22H21F3N2O4/c1-29-18-7-3-17(4-8-18)14-27(15-22(23,24)25)21(28)10-6-16-5-9-19(31-12-11-26)20(13-16)30-2/h3-10,13H,12,14-15H2,1-2H3/b10-6+. The number of hydrogen-bond donors (Lipinski definition) is 0. The van der Waals surface area contributed by atoms with E-state index in [4.69, 9.17) is 19.5 Å².